The van der Waals surface area contributed by atoms with Crippen LogP contribution < -0.4 is 4.90 Å². The number of alkyl halides is 2. The highest BCUT2D eigenvalue weighted by atomic mass is 19.3. The molecule has 0 saturated carbocycles. The fourth-order valence-electron chi connectivity index (χ4n) is 4.16. The molecule has 150 valence electrons. The van der Waals surface area contributed by atoms with Crippen LogP contribution in [0.2, 0.25) is 0 Å². The number of halogens is 5. The van der Waals surface area contributed by atoms with E-state index in [1.807, 2.05) is 4.90 Å². The Hall–Kier alpha value is -2.29. The highest BCUT2D eigenvalue weighted by Crippen LogP contribution is 2.50. The zero-order valence-electron chi connectivity index (χ0n) is 15.0. The van der Waals surface area contributed by atoms with E-state index in [4.69, 9.17) is 0 Å². The van der Waals surface area contributed by atoms with Crippen molar-refractivity contribution in [3.63, 3.8) is 0 Å². The van der Waals surface area contributed by atoms with Crippen molar-refractivity contribution in [1.82, 2.24) is 14.9 Å². The SMILES string of the molecule is Fc1cnc(N2CCC3(CN(Cc4ccc(F)c(F)c4)CCC3(F)F)C2)nc1. The third-order valence-corrected chi connectivity index (χ3v) is 5.68. The Labute approximate surface area is 159 Å². The van der Waals surface area contributed by atoms with Crippen molar-refractivity contribution < 1.29 is 22.0 Å². The van der Waals surface area contributed by atoms with E-state index < -0.39 is 28.8 Å². The molecule has 2 aliphatic rings. The lowest BCUT2D eigenvalue weighted by Crippen LogP contribution is -2.56. The lowest BCUT2D eigenvalue weighted by molar-refractivity contribution is -0.158. The third kappa shape index (κ3) is 3.43. The molecule has 28 heavy (non-hydrogen) atoms. The molecule has 1 aromatic carbocycles. The van der Waals surface area contributed by atoms with E-state index >= 15 is 0 Å². The minimum atomic E-state index is -2.87. The summed E-state index contributed by atoms with van der Waals surface area (Å²) in [4.78, 5) is 11.3. The van der Waals surface area contributed by atoms with E-state index in [9.17, 15) is 22.0 Å². The van der Waals surface area contributed by atoms with Gasteiger partial charge < -0.3 is 4.90 Å². The van der Waals surface area contributed by atoms with Crippen LogP contribution in [0, 0.1) is 22.9 Å². The first kappa shape index (κ1) is 19.0. The van der Waals surface area contributed by atoms with Crippen LogP contribution in [0.5, 0.6) is 0 Å². The van der Waals surface area contributed by atoms with Gasteiger partial charge in [0.15, 0.2) is 17.5 Å². The van der Waals surface area contributed by atoms with Crippen molar-refractivity contribution in [2.45, 2.75) is 25.3 Å². The van der Waals surface area contributed by atoms with Crippen LogP contribution >= 0.6 is 0 Å². The summed E-state index contributed by atoms with van der Waals surface area (Å²) in [6.45, 7) is 0.958. The van der Waals surface area contributed by atoms with Crippen LogP contribution in [-0.4, -0.2) is 47.0 Å². The van der Waals surface area contributed by atoms with Crippen molar-refractivity contribution in [3.05, 3.63) is 53.6 Å². The average Bonchev–Trinajstić information content (AvgIpc) is 3.08. The molecule has 2 aliphatic heterocycles. The number of hydrogen-bond acceptors (Lipinski definition) is 4. The largest absolute Gasteiger partial charge is 0.340 e. The summed E-state index contributed by atoms with van der Waals surface area (Å²) in [5, 5.41) is 0. The van der Waals surface area contributed by atoms with Gasteiger partial charge in [-0.15, -0.1) is 0 Å². The van der Waals surface area contributed by atoms with Gasteiger partial charge in [0.2, 0.25) is 5.95 Å². The van der Waals surface area contributed by atoms with Gasteiger partial charge in [0.05, 0.1) is 17.8 Å². The van der Waals surface area contributed by atoms with Crippen molar-refractivity contribution in [3.8, 4) is 0 Å². The molecule has 4 rings (SSSR count). The standard InChI is InChI=1S/C19H19F5N4/c20-14-8-25-17(26-9-14)28-6-3-18(12-28)11-27(5-4-19(18,23)24)10-13-1-2-15(21)16(22)7-13/h1-2,7-9H,3-6,10-12H2. The highest BCUT2D eigenvalue weighted by molar-refractivity contribution is 5.33. The molecule has 3 heterocycles. The quantitative estimate of drug-likeness (QED) is 0.740. The average molecular weight is 398 g/mol. The summed E-state index contributed by atoms with van der Waals surface area (Å²) in [5.41, 5.74) is -0.752. The number of anilines is 1. The Bertz CT molecular complexity index is 860. The molecule has 0 N–H and O–H groups in total. The Morgan fingerprint density at radius 1 is 0.929 bits per heavy atom. The molecule has 1 aromatic heterocycles. The number of likely N-dealkylation sites (tertiary alicyclic amines) is 1. The first-order chi connectivity index (χ1) is 13.3. The minimum absolute atomic E-state index is 0.0555. The molecule has 1 spiro atoms. The van der Waals surface area contributed by atoms with Gasteiger partial charge >= 0.3 is 0 Å². The lowest BCUT2D eigenvalue weighted by atomic mass is 9.75. The molecular weight excluding hydrogens is 379 g/mol. The molecule has 9 heteroatoms. The van der Waals surface area contributed by atoms with E-state index in [2.05, 4.69) is 9.97 Å². The molecule has 4 nitrogen and oxygen atoms in total. The van der Waals surface area contributed by atoms with E-state index in [-0.39, 0.29) is 45.0 Å². The maximum Gasteiger partial charge on any atom is 0.257 e. The van der Waals surface area contributed by atoms with Crippen LogP contribution in [0.4, 0.5) is 27.9 Å². The number of piperidine rings is 1. The maximum atomic E-state index is 14.9. The zero-order chi connectivity index (χ0) is 19.9. The molecule has 0 aliphatic carbocycles. The second kappa shape index (κ2) is 6.95. The molecule has 2 fully saturated rings. The number of aromatic nitrogens is 2. The summed E-state index contributed by atoms with van der Waals surface area (Å²) in [7, 11) is 0. The Morgan fingerprint density at radius 2 is 1.68 bits per heavy atom. The van der Waals surface area contributed by atoms with E-state index in [0.717, 1.165) is 24.5 Å². The van der Waals surface area contributed by atoms with Crippen LogP contribution in [0.3, 0.4) is 0 Å². The van der Waals surface area contributed by atoms with Gasteiger partial charge in [-0.2, -0.15) is 0 Å². The molecule has 0 amide bonds. The smallest absolute Gasteiger partial charge is 0.257 e. The van der Waals surface area contributed by atoms with Gasteiger partial charge in [0.1, 0.15) is 0 Å². The maximum absolute atomic E-state index is 14.9. The van der Waals surface area contributed by atoms with Crippen LogP contribution in [0.1, 0.15) is 18.4 Å². The molecule has 0 radical (unpaired) electrons. The summed E-state index contributed by atoms with van der Waals surface area (Å²) < 4.78 is 69.4. The fourth-order valence-corrected chi connectivity index (χ4v) is 4.16. The Balaban J connectivity index is 1.51. The topological polar surface area (TPSA) is 32.3 Å². The minimum Gasteiger partial charge on any atom is -0.340 e. The van der Waals surface area contributed by atoms with Crippen LogP contribution in [-0.2, 0) is 6.54 Å². The first-order valence-corrected chi connectivity index (χ1v) is 9.05. The zero-order valence-corrected chi connectivity index (χ0v) is 15.0. The summed E-state index contributed by atoms with van der Waals surface area (Å²) >= 11 is 0. The monoisotopic (exact) mass is 398 g/mol. The predicted molar refractivity (Wildman–Crippen MR) is 92.5 cm³/mol. The molecule has 2 aromatic rings. The van der Waals surface area contributed by atoms with Crippen molar-refractivity contribution in [1.29, 1.82) is 0 Å². The van der Waals surface area contributed by atoms with Gasteiger partial charge in [0.25, 0.3) is 5.92 Å². The van der Waals surface area contributed by atoms with Gasteiger partial charge in [-0.25, -0.2) is 31.9 Å². The molecule has 1 unspecified atom stereocenters. The van der Waals surface area contributed by atoms with E-state index in [1.165, 1.54) is 6.07 Å². The van der Waals surface area contributed by atoms with Gasteiger partial charge in [0, 0.05) is 39.1 Å². The molecule has 1 atom stereocenters. The number of nitrogens with zero attached hydrogens (tertiary/aromatic N) is 4. The number of rotatable bonds is 3. The fraction of sp³-hybridized carbons (Fsp3) is 0.474. The summed E-state index contributed by atoms with van der Waals surface area (Å²) in [6, 6.07) is 3.61. The Morgan fingerprint density at radius 3 is 2.39 bits per heavy atom. The first-order valence-electron chi connectivity index (χ1n) is 9.05. The second-order valence-electron chi connectivity index (χ2n) is 7.57. The second-order valence-corrected chi connectivity index (χ2v) is 7.57. The Kier molecular flexibility index (Phi) is 4.73. The predicted octanol–water partition coefficient (Wildman–Crippen LogP) is 3.63. The molecule has 0 bridgehead atoms. The number of benzene rings is 1. The third-order valence-electron chi connectivity index (χ3n) is 5.68. The normalized spacial score (nSPS) is 24.8. The van der Waals surface area contributed by atoms with Crippen LogP contribution in [0.15, 0.2) is 30.6 Å². The van der Waals surface area contributed by atoms with Crippen molar-refractivity contribution >= 4 is 5.95 Å². The molecule has 2 saturated heterocycles. The van der Waals surface area contributed by atoms with Gasteiger partial charge in [-0.05, 0) is 24.1 Å². The molecular formula is C19H19F5N4. The lowest BCUT2D eigenvalue weighted by Gasteiger charge is -2.46. The van der Waals surface area contributed by atoms with Crippen molar-refractivity contribution in [2.75, 3.05) is 31.1 Å². The van der Waals surface area contributed by atoms with E-state index in [1.54, 1.807) is 4.90 Å². The van der Waals surface area contributed by atoms with Gasteiger partial charge in [-0.1, -0.05) is 6.07 Å². The highest BCUT2D eigenvalue weighted by Gasteiger charge is 2.59. The number of hydrogen-bond donors (Lipinski definition) is 0. The van der Waals surface area contributed by atoms with Gasteiger partial charge in [-0.3, -0.25) is 4.90 Å². The summed E-state index contributed by atoms with van der Waals surface area (Å²) in [6.07, 6.45) is 1.97. The van der Waals surface area contributed by atoms with Crippen molar-refractivity contribution in [2.24, 2.45) is 5.41 Å². The van der Waals surface area contributed by atoms with E-state index in [0.29, 0.717) is 12.1 Å². The summed E-state index contributed by atoms with van der Waals surface area (Å²) in [5.74, 6) is -5.11. The van der Waals surface area contributed by atoms with Crippen LogP contribution in [0.25, 0.3) is 0 Å².